The van der Waals surface area contributed by atoms with Crippen molar-refractivity contribution in [2.45, 2.75) is 6.92 Å². The zero-order valence-corrected chi connectivity index (χ0v) is 5.79. The summed E-state index contributed by atoms with van der Waals surface area (Å²) in [6.07, 6.45) is 0. The number of benzene rings is 1. The Hall–Kier alpha value is -1.18. The van der Waals surface area contributed by atoms with Crippen LogP contribution in [0, 0.1) is 6.07 Å². The van der Waals surface area contributed by atoms with Crippen LogP contribution in [-0.4, -0.2) is 11.7 Å². The predicted octanol–water partition coefficient (Wildman–Crippen LogP) is 1.59. The van der Waals surface area contributed by atoms with Crippen molar-refractivity contribution in [2.75, 3.05) is 6.61 Å². The maximum atomic E-state index is 8.93. The lowest BCUT2D eigenvalue weighted by Crippen LogP contribution is -1.89. The summed E-state index contributed by atoms with van der Waals surface area (Å²) in [6, 6.07) is 7.47. The second-order valence-electron chi connectivity index (χ2n) is 1.86. The van der Waals surface area contributed by atoms with Gasteiger partial charge in [-0.15, -0.1) is 0 Å². The summed E-state index contributed by atoms with van der Waals surface area (Å²) in [7, 11) is 0. The zero-order valence-electron chi connectivity index (χ0n) is 5.79. The third-order valence-corrected chi connectivity index (χ3v) is 1.06. The van der Waals surface area contributed by atoms with Crippen LogP contribution in [0.25, 0.3) is 0 Å². The van der Waals surface area contributed by atoms with Gasteiger partial charge in [0.05, 0.1) is 6.61 Å². The molecule has 0 aliphatic heterocycles. The Morgan fingerprint density at radius 1 is 1.60 bits per heavy atom. The van der Waals surface area contributed by atoms with Gasteiger partial charge in [-0.25, -0.2) is 0 Å². The molecule has 0 heterocycles. The van der Waals surface area contributed by atoms with Crippen LogP contribution in [0.5, 0.6) is 11.5 Å². The summed E-state index contributed by atoms with van der Waals surface area (Å²) in [5, 5.41) is 8.93. The molecule has 1 aromatic rings. The Labute approximate surface area is 60.1 Å². The molecule has 0 atom stereocenters. The standard InChI is InChI=1S/C8H9O2/c1-2-10-8-5-3-4-7(9)6-8/h4-6,9H,2H2,1H3. The van der Waals surface area contributed by atoms with E-state index in [0.29, 0.717) is 12.4 Å². The molecule has 0 aromatic heterocycles. The number of ether oxygens (including phenoxy) is 1. The van der Waals surface area contributed by atoms with Crippen molar-refractivity contribution < 1.29 is 9.84 Å². The van der Waals surface area contributed by atoms with Gasteiger partial charge in [0.25, 0.3) is 0 Å². The van der Waals surface area contributed by atoms with Gasteiger partial charge >= 0.3 is 0 Å². The van der Waals surface area contributed by atoms with Crippen LogP contribution < -0.4 is 4.74 Å². The first-order valence-electron chi connectivity index (χ1n) is 3.16. The number of phenols is 1. The highest BCUT2D eigenvalue weighted by Crippen LogP contribution is 2.16. The Bertz CT molecular complexity index is 208. The first-order valence-corrected chi connectivity index (χ1v) is 3.16. The van der Waals surface area contributed by atoms with E-state index in [0.717, 1.165) is 0 Å². The van der Waals surface area contributed by atoms with Gasteiger partial charge in [-0.05, 0) is 25.1 Å². The van der Waals surface area contributed by atoms with E-state index in [1.807, 2.05) is 6.92 Å². The Morgan fingerprint density at radius 2 is 2.40 bits per heavy atom. The maximum absolute atomic E-state index is 8.93. The van der Waals surface area contributed by atoms with E-state index < -0.39 is 0 Å². The highest BCUT2D eigenvalue weighted by molar-refractivity contribution is 5.30. The fourth-order valence-corrected chi connectivity index (χ4v) is 0.688. The fraction of sp³-hybridized carbons (Fsp3) is 0.250. The van der Waals surface area contributed by atoms with Crippen molar-refractivity contribution in [3.05, 3.63) is 24.3 Å². The van der Waals surface area contributed by atoms with Crippen LogP contribution in [0.1, 0.15) is 6.92 Å². The third kappa shape index (κ3) is 1.65. The van der Waals surface area contributed by atoms with Crippen molar-refractivity contribution in [2.24, 2.45) is 0 Å². The van der Waals surface area contributed by atoms with Gasteiger partial charge in [0.15, 0.2) is 0 Å². The summed E-state index contributed by atoms with van der Waals surface area (Å²) >= 11 is 0. The van der Waals surface area contributed by atoms with Crippen LogP contribution in [0.3, 0.4) is 0 Å². The molecule has 0 amide bonds. The first-order chi connectivity index (χ1) is 4.83. The molecule has 0 fully saturated rings. The predicted molar refractivity (Wildman–Crippen MR) is 38.1 cm³/mol. The lowest BCUT2D eigenvalue weighted by atomic mass is 10.3. The summed E-state index contributed by atoms with van der Waals surface area (Å²) in [4.78, 5) is 0. The van der Waals surface area contributed by atoms with Crippen LogP contribution in [0.2, 0.25) is 0 Å². The largest absolute Gasteiger partial charge is 0.508 e. The van der Waals surface area contributed by atoms with Crippen molar-refractivity contribution >= 4 is 0 Å². The second kappa shape index (κ2) is 3.11. The maximum Gasteiger partial charge on any atom is 0.123 e. The van der Waals surface area contributed by atoms with Crippen LogP contribution in [0.4, 0.5) is 0 Å². The zero-order chi connectivity index (χ0) is 7.40. The molecular formula is C8H9O2. The van der Waals surface area contributed by atoms with Crippen LogP contribution in [0.15, 0.2) is 18.2 Å². The van der Waals surface area contributed by atoms with Gasteiger partial charge in [0.2, 0.25) is 0 Å². The molecule has 0 unspecified atom stereocenters. The molecule has 0 saturated heterocycles. The lowest BCUT2D eigenvalue weighted by Gasteiger charge is -2.00. The molecule has 2 heteroatoms. The molecule has 0 saturated carbocycles. The normalized spacial score (nSPS) is 9.30. The Kier molecular flexibility index (Phi) is 2.15. The van der Waals surface area contributed by atoms with Gasteiger partial charge in [0.1, 0.15) is 11.5 Å². The van der Waals surface area contributed by atoms with Gasteiger partial charge in [-0.3, -0.25) is 0 Å². The van der Waals surface area contributed by atoms with E-state index in [-0.39, 0.29) is 5.75 Å². The minimum absolute atomic E-state index is 0.186. The average molecular weight is 137 g/mol. The monoisotopic (exact) mass is 137 g/mol. The smallest absolute Gasteiger partial charge is 0.123 e. The number of hydrogen-bond acceptors (Lipinski definition) is 2. The number of phenolic OH excluding ortho intramolecular Hbond substituents is 1. The summed E-state index contributed by atoms with van der Waals surface area (Å²) in [6.45, 7) is 2.50. The summed E-state index contributed by atoms with van der Waals surface area (Å²) < 4.78 is 5.10. The lowest BCUT2D eigenvalue weighted by molar-refractivity contribution is 0.337. The molecule has 2 nitrogen and oxygen atoms in total. The van der Waals surface area contributed by atoms with Crippen molar-refractivity contribution in [1.29, 1.82) is 0 Å². The molecular weight excluding hydrogens is 128 g/mol. The number of rotatable bonds is 2. The van der Waals surface area contributed by atoms with Crippen LogP contribution >= 0.6 is 0 Å². The van der Waals surface area contributed by atoms with E-state index in [4.69, 9.17) is 9.84 Å². The second-order valence-corrected chi connectivity index (χ2v) is 1.86. The third-order valence-electron chi connectivity index (χ3n) is 1.06. The van der Waals surface area contributed by atoms with E-state index in [2.05, 4.69) is 6.07 Å². The summed E-state index contributed by atoms with van der Waals surface area (Å²) in [5.41, 5.74) is 0. The molecule has 10 heavy (non-hydrogen) atoms. The average Bonchev–Trinajstić information content (AvgIpc) is 1.88. The SMILES string of the molecule is CCOc1c[c]cc(O)c1. The molecule has 1 aromatic carbocycles. The fourth-order valence-electron chi connectivity index (χ4n) is 0.688. The molecule has 0 aliphatic rings. The molecule has 0 aliphatic carbocycles. The Morgan fingerprint density at radius 3 is 3.00 bits per heavy atom. The van der Waals surface area contributed by atoms with Gasteiger partial charge < -0.3 is 9.84 Å². The molecule has 53 valence electrons. The van der Waals surface area contributed by atoms with Gasteiger partial charge in [-0.2, -0.15) is 0 Å². The van der Waals surface area contributed by atoms with E-state index in [1.165, 1.54) is 6.07 Å². The molecule has 0 spiro atoms. The molecule has 1 N–H and O–H groups in total. The van der Waals surface area contributed by atoms with E-state index in [9.17, 15) is 0 Å². The van der Waals surface area contributed by atoms with Crippen molar-refractivity contribution in [1.82, 2.24) is 0 Å². The highest BCUT2D eigenvalue weighted by atomic mass is 16.5. The van der Waals surface area contributed by atoms with Gasteiger partial charge in [0, 0.05) is 6.07 Å². The van der Waals surface area contributed by atoms with Crippen molar-refractivity contribution in [3.63, 3.8) is 0 Å². The van der Waals surface area contributed by atoms with Crippen molar-refractivity contribution in [3.8, 4) is 11.5 Å². The topological polar surface area (TPSA) is 29.5 Å². The highest BCUT2D eigenvalue weighted by Gasteiger charge is 1.91. The van der Waals surface area contributed by atoms with E-state index in [1.54, 1.807) is 12.1 Å². The molecule has 0 bridgehead atoms. The minimum atomic E-state index is 0.186. The van der Waals surface area contributed by atoms with Crippen LogP contribution in [-0.2, 0) is 0 Å². The summed E-state index contributed by atoms with van der Waals surface area (Å²) in [5.74, 6) is 0.841. The number of hydrogen-bond donors (Lipinski definition) is 1. The minimum Gasteiger partial charge on any atom is -0.508 e. The quantitative estimate of drug-likeness (QED) is 0.670. The first kappa shape index (κ1) is 6.93. The number of aromatic hydroxyl groups is 1. The van der Waals surface area contributed by atoms with E-state index >= 15 is 0 Å². The molecule has 1 radical (unpaired) electrons. The molecule has 1 rings (SSSR count). The van der Waals surface area contributed by atoms with Gasteiger partial charge in [-0.1, -0.05) is 0 Å². The Balaban J connectivity index is 2.75.